The van der Waals surface area contributed by atoms with Crippen molar-refractivity contribution < 1.29 is 19.2 Å². The predicted molar refractivity (Wildman–Crippen MR) is 137 cm³/mol. The molecule has 0 spiro atoms. The molecule has 184 valence electrons. The quantitative estimate of drug-likeness (QED) is 0.522. The second kappa shape index (κ2) is 9.44. The smallest absolute Gasteiger partial charge is 0.283 e. The van der Waals surface area contributed by atoms with Gasteiger partial charge in [-0.25, -0.2) is 9.80 Å². The van der Waals surface area contributed by atoms with Crippen molar-refractivity contribution in [3.63, 3.8) is 0 Å². The lowest BCUT2D eigenvalue weighted by molar-refractivity contribution is -0.123. The summed E-state index contributed by atoms with van der Waals surface area (Å²) < 4.78 is 0. The maximum Gasteiger partial charge on any atom is 0.283 e. The van der Waals surface area contributed by atoms with E-state index in [0.717, 1.165) is 9.80 Å². The van der Waals surface area contributed by atoms with Gasteiger partial charge in [0.2, 0.25) is 0 Å². The fourth-order valence-electron chi connectivity index (χ4n) is 4.33. The van der Waals surface area contributed by atoms with E-state index in [0.29, 0.717) is 21.4 Å². The van der Waals surface area contributed by atoms with Gasteiger partial charge in [0.15, 0.2) is 0 Å². The van der Waals surface area contributed by atoms with Gasteiger partial charge in [0.25, 0.3) is 23.6 Å². The van der Waals surface area contributed by atoms with Crippen LogP contribution < -0.4 is 9.80 Å². The van der Waals surface area contributed by atoms with Crippen LogP contribution in [0.1, 0.15) is 0 Å². The van der Waals surface area contributed by atoms with Gasteiger partial charge < -0.3 is 9.80 Å². The topological polar surface area (TPSA) is 81.2 Å². The van der Waals surface area contributed by atoms with Crippen LogP contribution >= 0.6 is 46.4 Å². The number of amides is 4. The Balaban J connectivity index is 1.32. The molecule has 0 aromatic heterocycles. The van der Waals surface area contributed by atoms with Crippen molar-refractivity contribution in [2.45, 2.75) is 0 Å². The fourth-order valence-corrected chi connectivity index (χ4v) is 5.16. The Morgan fingerprint density at radius 2 is 0.778 bits per heavy atom. The monoisotopic (exact) mass is 564 g/mol. The third kappa shape index (κ3) is 4.04. The zero-order valence-electron chi connectivity index (χ0n) is 18.4. The van der Waals surface area contributed by atoms with Gasteiger partial charge in [-0.3, -0.25) is 19.2 Å². The third-order valence-electron chi connectivity index (χ3n) is 6.09. The second-order valence-electron chi connectivity index (χ2n) is 8.14. The van der Waals surface area contributed by atoms with Crippen LogP contribution in [0.3, 0.4) is 0 Å². The molecule has 12 heteroatoms. The Bertz CT molecular complexity index is 1260. The number of piperazine rings is 1. The average Bonchev–Trinajstić information content (AvgIpc) is 3.22. The summed E-state index contributed by atoms with van der Waals surface area (Å²) in [4.78, 5) is 57.2. The highest BCUT2D eigenvalue weighted by molar-refractivity contribution is 6.53. The van der Waals surface area contributed by atoms with Crippen LogP contribution in [0.4, 0.5) is 11.4 Å². The Hall–Kier alpha value is -3.04. The molecule has 0 N–H and O–H groups in total. The molecule has 2 aromatic carbocycles. The summed E-state index contributed by atoms with van der Waals surface area (Å²) in [6.07, 6.45) is 0. The van der Waals surface area contributed by atoms with Crippen LogP contribution in [-0.4, -0.2) is 59.6 Å². The van der Waals surface area contributed by atoms with Gasteiger partial charge in [0, 0.05) is 36.2 Å². The molecule has 2 aromatic rings. The van der Waals surface area contributed by atoms with Crippen LogP contribution in [0.25, 0.3) is 0 Å². The summed E-state index contributed by atoms with van der Waals surface area (Å²) in [6, 6.07) is 12.6. The molecule has 0 radical (unpaired) electrons. The van der Waals surface area contributed by atoms with E-state index in [1.165, 1.54) is 0 Å². The summed E-state index contributed by atoms with van der Waals surface area (Å²) in [5.74, 6) is -2.33. The molecule has 0 unspecified atom stereocenters. The summed E-state index contributed by atoms with van der Waals surface area (Å²) in [5.41, 5.74) is 0.895. The van der Waals surface area contributed by atoms with E-state index in [4.69, 9.17) is 46.4 Å². The molecule has 0 atom stereocenters. The number of benzene rings is 2. The summed E-state index contributed by atoms with van der Waals surface area (Å²) >= 11 is 24.4. The summed E-state index contributed by atoms with van der Waals surface area (Å²) in [6.45, 7) is 1.09. The van der Waals surface area contributed by atoms with E-state index in [2.05, 4.69) is 0 Å². The van der Waals surface area contributed by atoms with E-state index in [-0.39, 0.29) is 47.6 Å². The van der Waals surface area contributed by atoms with Crippen molar-refractivity contribution in [1.82, 2.24) is 9.80 Å². The standard InChI is InChI=1S/C24H16Cl4N4O4/c25-13-1-5-15(6-2-13)31-21(33)17(27)19(23(31)35)29-9-11-30(12-10-29)20-18(28)22(34)32(24(20)36)16-7-3-14(26)4-8-16/h1-8H,9-12H2. The number of halogens is 4. The molecule has 3 aliphatic heterocycles. The lowest BCUT2D eigenvalue weighted by Gasteiger charge is -2.37. The number of carbonyl (C=O) groups is 4. The molecular formula is C24H16Cl4N4O4. The van der Waals surface area contributed by atoms with Gasteiger partial charge in [-0.2, -0.15) is 0 Å². The molecule has 0 saturated carbocycles. The number of hydrogen-bond acceptors (Lipinski definition) is 6. The SMILES string of the molecule is O=C1C(Cl)=C(N2CCN(C3=C(Cl)C(=O)N(c4ccc(Cl)cc4)C3=O)CC2)C(=O)N1c1ccc(Cl)cc1. The molecule has 8 nitrogen and oxygen atoms in total. The van der Waals surface area contributed by atoms with E-state index < -0.39 is 23.6 Å². The molecule has 3 aliphatic rings. The number of hydrogen-bond donors (Lipinski definition) is 0. The summed E-state index contributed by atoms with van der Waals surface area (Å²) in [7, 11) is 0. The average molecular weight is 566 g/mol. The number of imide groups is 2. The highest BCUT2D eigenvalue weighted by Crippen LogP contribution is 2.35. The van der Waals surface area contributed by atoms with Crippen LogP contribution in [0, 0.1) is 0 Å². The molecule has 1 fully saturated rings. The van der Waals surface area contributed by atoms with Gasteiger partial charge in [0.1, 0.15) is 21.5 Å². The van der Waals surface area contributed by atoms with Gasteiger partial charge in [-0.05, 0) is 48.5 Å². The van der Waals surface area contributed by atoms with Gasteiger partial charge in [-0.1, -0.05) is 46.4 Å². The van der Waals surface area contributed by atoms with Crippen LogP contribution in [-0.2, 0) is 19.2 Å². The number of carbonyl (C=O) groups excluding carboxylic acids is 4. The minimum absolute atomic E-state index is 0.0907. The first-order chi connectivity index (χ1) is 17.2. The molecule has 0 bridgehead atoms. The zero-order valence-corrected chi connectivity index (χ0v) is 21.4. The minimum atomic E-state index is -0.623. The third-order valence-corrected chi connectivity index (χ3v) is 7.28. The number of anilines is 2. The van der Waals surface area contributed by atoms with E-state index in [1.807, 2.05) is 0 Å². The maximum atomic E-state index is 13.1. The van der Waals surface area contributed by atoms with Crippen molar-refractivity contribution in [2.24, 2.45) is 0 Å². The molecule has 0 aliphatic carbocycles. The van der Waals surface area contributed by atoms with Gasteiger partial charge in [0.05, 0.1) is 11.4 Å². The Morgan fingerprint density at radius 3 is 1.08 bits per heavy atom. The van der Waals surface area contributed by atoms with E-state index in [1.54, 1.807) is 58.3 Å². The van der Waals surface area contributed by atoms with Crippen molar-refractivity contribution in [3.05, 3.63) is 80.0 Å². The highest BCUT2D eigenvalue weighted by atomic mass is 35.5. The largest absolute Gasteiger partial charge is 0.362 e. The lowest BCUT2D eigenvalue weighted by atomic mass is 10.2. The molecule has 36 heavy (non-hydrogen) atoms. The van der Waals surface area contributed by atoms with Crippen LogP contribution in [0.2, 0.25) is 10.0 Å². The van der Waals surface area contributed by atoms with E-state index in [9.17, 15) is 19.2 Å². The van der Waals surface area contributed by atoms with Gasteiger partial charge in [-0.15, -0.1) is 0 Å². The molecular weight excluding hydrogens is 550 g/mol. The van der Waals surface area contributed by atoms with Crippen molar-refractivity contribution in [1.29, 1.82) is 0 Å². The van der Waals surface area contributed by atoms with Gasteiger partial charge >= 0.3 is 0 Å². The van der Waals surface area contributed by atoms with Crippen molar-refractivity contribution in [2.75, 3.05) is 36.0 Å². The van der Waals surface area contributed by atoms with E-state index >= 15 is 0 Å². The van der Waals surface area contributed by atoms with Crippen LogP contribution in [0.5, 0.6) is 0 Å². The molecule has 3 heterocycles. The normalized spacial score (nSPS) is 19.0. The first-order valence-corrected chi connectivity index (χ1v) is 12.3. The Morgan fingerprint density at radius 1 is 0.472 bits per heavy atom. The maximum absolute atomic E-state index is 13.1. The molecule has 1 saturated heterocycles. The fraction of sp³-hybridized carbons (Fsp3) is 0.167. The second-order valence-corrected chi connectivity index (χ2v) is 9.77. The minimum Gasteiger partial charge on any atom is -0.362 e. The predicted octanol–water partition coefficient (Wildman–Crippen LogP) is 3.96. The zero-order chi connectivity index (χ0) is 25.7. The first-order valence-electron chi connectivity index (χ1n) is 10.8. The lowest BCUT2D eigenvalue weighted by Crippen LogP contribution is -2.48. The Labute approximate surface area is 225 Å². The first kappa shape index (κ1) is 24.6. The number of rotatable bonds is 4. The molecule has 5 rings (SSSR count). The number of nitrogens with zero attached hydrogens (tertiary/aromatic N) is 4. The Kier molecular flexibility index (Phi) is 6.46. The van der Waals surface area contributed by atoms with Crippen LogP contribution in [0.15, 0.2) is 70.0 Å². The summed E-state index contributed by atoms with van der Waals surface area (Å²) in [5, 5.41) is 0.579. The highest BCUT2D eigenvalue weighted by Gasteiger charge is 2.45. The van der Waals surface area contributed by atoms with Crippen molar-refractivity contribution >= 4 is 81.4 Å². The molecule has 4 amide bonds. The van der Waals surface area contributed by atoms with Crippen molar-refractivity contribution in [3.8, 4) is 0 Å².